The van der Waals surface area contributed by atoms with E-state index in [0.717, 1.165) is 12.8 Å². The lowest BCUT2D eigenvalue weighted by Crippen LogP contribution is -2.36. The van der Waals surface area contributed by atoms with Crippen LogP contribution in [0.25, 0.3) is 0 Å². The molecule has 0 atom stereocenters. The standard InChI is InChI=1S/C17H26N2O4/c1-16(2,3)23-15(21)18-13-6-5-11-19(14(13)20)12-7-9-17(4,22)10-8-12/h5-6,11-12,22H,7-10H2,1-4H3,(H,18,21). The molecule has 0 aromatic carbocycles. The molecule has 1 aliphatic rings. The number of aromatic nitrogens is 1. The van der Waals surface area contributed by atoms with Crippen molar-refractivity contribution in [2.75, 3.05) is 5.32 Å². The van der Waals surface area contributed by atoms with Gasteiger partial charge in [0, 0.05) is 12.2 Å². The quantitative estimate of drug-likeness (QED) is 0.877. The Morgan fingerprint density at radius 2 is 2.00 bits per heavy atom. The van der Waals surface area contributed by atoms with Crippen LogP contribution in [0.1, 0.15) is 59.4 Å². The molecule has 6 nitrogen and oxygen atoms in total. The Hall–Kier alpha value is -1.82. The molecular formula is C17H26N2O4. The van der Waals surface area contributed by atoms with Crippen LogP contribution in [0, 0.1) is 0 Å². The van der Waals surface area contributed by atoms with E-state index >= 15 is 0 Å². The molecule has 6 heteroatoms. The van der Waals surface area contributed by atoms with Crippen LogP contribution in [-0.4, -0.2) is 27.0 Å². The lowest BCUT2D eigenvalue weighted by atomic mass is 9.83. The van der Waals surface area contributed by atoms with Gasteiger partial charge in [-0.05, 0) is 65.5 Å². The first-order valence-electron chi connectivity index (χ1n) is 8.01. The summed E-state index contributed by atoms with van der Waals surface area (Å²) in [5.41, 5.74) is -1.30. The zero-order valence-electron chi connectivity index (χ0n) is 14.3. The van der Waals surface area contributed by atoms with E-state index in [4.69, 9.17) is 4.74 Å². The maximum Gasteiger partial charge on any atom is 0.412 e. The van der Waals surface area contributed by atoms with Crippen molar-refractivity contribution in [3.8, 4) is 0 Å². The van der Waals surface area contributed by atoms with Crippen LogP contribution in [-0.2, 0) is 4.74 Å². The monoisotopic (exact) mass is 322 g/mol. The average Bonchev–Trinajstić information content (AvgIpc) is 2.39. The van der Waals surface area contributed by atoms with Crippen LogP contribution >= 0.6 is 0 Å². The average molecular weight is 322 g/mol. The van der Waals surface area contributed by atoms with Crippen molar-refractivity contribution in [1.29, 1.82) is 0 Å². The largest absolute Gasteiger partial charge is 0.444 e. The van der Waals surface area contributed by atoms with Crippen LogP contribution in [0.15, 0.2) is 23.1 Å². The molecule has 128 valence electrons. The van der Waals surface area contributed by atoms with Crippen molar-refractivity contribution in [3.05, 3.63) is 28.7 Å². The summed E-state index contributed by atoms with van der Waals surface area (Å²) in [6.45, 7) is 7.13. The fourth-order valence-electron chi connectivity index (χ4n) is 2.81. The van der Waals surface area contributed by atoms with Gasteiger partial charge in [-0.15, -0.1) is 0 Å². The van der Waals surface area contributed by atoms with Gasteiger partial charge in [0.1, 0.15) is 11.3 Å². The third-order valence-electron chi connectivity index (χ3n) is 4.04. The van der Waals surface area contributed by atoms with E-state index in [1.165, 1.54) is 0 Å². The van der Waals surface area contributed by atoms with Crippen LogP contribution in [0.4, 0.5) is 10.5 Å². The number of pyridine rings is 1. The maximum atomic E-state index is 12.6. The molecule has 0 radical (unpaired) electrons. The molecule has 1 aromatic rings. The highest BCUT2D eigenvalue weighted by Gasteiger charge is 2.30. The number of nitrogens with one attached hydrogen (secondary N) is 1. The Kier molecular flexibility index (Phi) is 4.84. The molecule has 0 spiro atoms. The van der Waals surface area contributed by atoms with Gasteiger partial charge in [0.05, 0.1) is 5.60 Å². The summed E-state index contributed by atoms with van der Waals surface area (Å²) in [6.07, 6.45) is 3.89. The van der Waals surface area contributed by atoms with Gasteiger partial charge in [0.15, 0.2) is 0 Å². The first kappa shape index (κ1) is 17.5. The van der Waals surface area contributed by atoms with E-state index in [1.54, 1.807) is 43.7 Å². The van der Waals surface area contributed by atoms with Crippen molar-refractivity contribution in [1.82, 2.24) is 4.57 Å². The van der Waals surface area contributed by atoms with Gasteiger partial charge >= 0.3 is 6.09 Å². The molecule has 1 aromatic heterocycles. The Labute approximate surface area is 136 Å². The van der Waals surface area contributed by atoms with Crippen molar-refractivity contribution < 1.29 is 14.6 Å². The van der Waals surface area contributed by atoms with E-state index in [1.807, 2.05) is 6.92 Å². The molecule has 1 heterocycles. The summed E-state index contributed by atoms with van der Waals surface area (Å²) in [5.74, 6) is 0. The minimum atomic E-state index is -0.646. The molecular weight excluding hydrogens is 296 g/mol. The highest BCUT2D eigenvalue weighted by molar-refractivity contribution is 5.84. The summed E-state index contributed by atoms with van der Waals surface area (Å²) in [5, 5.41) is 12.5. The zero-order chi connectivity index (χ0) is 17.3. The number of aliphatic hydroxyl groups is 1. The smallest absolute Gasteiger partial charge is 0.412 e. The number of nitrogens with zero attached hydrogens (tertiary/aromatic N) is 1. The minimum absolute atomic E-state index is 0.0445. The number of rotatable bonds is 2. The number of carbonyl (C=O) groups excluding carboxylic acids is 1. The van der Waals surface area contributed by atoms with E-state index < -0.39 is 17.3 Å². The molecule has 1 saturated carbocycles. The van der Waals surface area contributed by atoms with Crippen LogP contribution in [0.2, 0.25) is 0 Å². The lowest BCUT2D eigenvalue weighted by Gasteiger charge is -2.34. The molecule has 1 aliphatic carbocycles. The summed E-state index contributed by atoms with van der Waals surface area (Å²) < 4.78 is 6.82. The van der Waals surface area contributed by atoms with Gasteiger partial charge < -0.3 is 14.4 Å². The fraction of sp³-hybridized carbons (Fsp3) is 0.647. The number of anilines is 1. The molecule has 23 heavy (non-hydrogen) atoms. The van der Waals surface area contributed by atoms with Gasteiger partial charge in [-0.2, -0.15) is 0 Å². The normalized spacial score (nSPS) is 25.0. The minimum Gasteiger partial charge on any atom is -0.444 e. The number of amides is 1. The zero-order valence-corrected chi connectivity index (χ0v) is 14.3. The second kappa shape index (κ2) is 6.35. The van der Waals surface area contributed by atoms with Crippen LogP contribution < -0.4 is 10.9 Å². The highest BCUT2D eigenvalue weighted by Crippen LogP contribution is 2.33. The molecule has 1 amide bonds. The van der Waals surface area contributed by atoms with Crippen LogP contribution in [0.3, 0.4) is 0 Å². The van der Waals surface area contributed by atoms with Crippen LogP contribution in [0.5, 0.6) is 0 Å². The summed E-state index contributed by atoms with van der Waals surface area (Å²) >= 11 is 0. The van der Waals surface area contributed by atoms with Crippen molar-refractivity contribution >= 4 is 11.8 Å². The second-order valence-electron chi connectivity index (χ2n) is 7.49. The second-order valence-corrected chi connectivity index (χ2v) is 7.49. The Morgan fingerprint density at radius 1 is 1.39 bits per heavy atom. The molecule has 2 rings (SSSR count). The topological polar surface area (TPSA) is 80.6 Å². The third-order valence-corrected chi connectivity index (χ3v) is 4.04. The first-order valence-corrected chi connectivity index (χ1v) is 8.01. The van der Waals surface area contributed by atoms with Gasteiger partial charge in [-0.3, -0.25) is 10.1 Å². The summed E-state index contributed by atoms with van der Waals surface area (Å²) in [4.78, 5) is 24.4. The molecule has 1 fully saturated rings. The van der Waals surface area contributed by atoms with Crippen molar-refractivity contribution in [3.63, 3.8) is 0 Å². The highest BCUT2D eigenvalue weighted by atomic mass is 16.6. The summed E-state index contributed by atoms with van der Waals surface area (Å²) in [6, 6.07) is 3.35. The molecule has 0 aliphatic heterocycles. The lowest BCUT2D eigenvalue weighted by molar-refractivity contribution is 0.00956. The molecule has 0 bridgehead atoms. The predicted octanol–water partition coefficient (Wildman–Crippen LogP) is 3.06. The first-order chi connectivity index (χ1) is 10.6. The number of hydrogen-bond acceptors (Lipinski definition) is 4. The fourth-order valence-corrected chi connectivity index (χ4v) is 2.81. The Morgan fingerprint density at radius 3 is 2.57 bits per heavy atom. The third kappa shape index (κ3) is 4.82. The number of hydrogen-bond donors (Lipinski definition) is 2. The van der Waals surface area contributed by atoms with E-state index in [-0.39, 0.29) is 17.3 Å². The Bertz CT molecular complexity index is 618. The van der Waals surface area contributed by atoms with Gasteiger partial charge in [0.25, 0.3) is 5.56 Å². The van der Waals surface area contributed by atoms with E-state index in [2.05, 4.69) is 5.32 Å². The number of ether oxygens (including phenoxy) is 1. The van der Waals surface area contributed by atoms with E-state index in [0.29, 0.717) is 12.8 Å². The maximum absolute atomic E-state index is 12.6. The van der Waals surface area contributed by atoms with E-state index in [9.17, 15) is 14.7 Å². The SMILES string of the molecule is CC1(O)CCC(n2cccc(NC(=O)OC(C)(C)C)c2=O)CC1. The number of carbonyl (C=O) groups is 1. The molecule has 0 saturated heterocycles. The van der Waals surface area contributed by atoms with Crippen molar-refractivity contribution in [2.24, 2.45) is 0 Å². The Balaban J connectivity index is 2.13. The molecule has 2 N–H and O–H groups in total. The van der Waals surface area contributed by atoms with Gasteiger partial charge in [-0.1, -0.05) is 0 Å². The van der Waals surface area contributed by atoms with Crippen molar-refractivity contribution in [2.45, 2.75) is 70.6 Å². The van der Waals surface area contributed by atoms with Gasteiger partial charge in [0.2, 0.25) is 0 Å². The molecule has 0 unspecified atom stereocenters. The van der Waals surface area contributed by atoms with Gasteiger partial charge in [-0.25, -0.2) is 4.79 Å². The summed E-state index contributed by atoms with van der Waals surface area (Å²) in [7, 11) is 0. The predicted molar refractivity (Wildman–Crippen MR) is 88.7 cm³/mol.